The molecule has 18 heavy (non-hydrogen) atoms. The Morgan fingerprint density at radius 1 is 1.22 bits per heavy atom. The molecule has 2 rings (SSSR count). The zero-order valence-corrected chi connectivity index (χ0v) is 13.2. The Bertz CT molecular complexity index is 527. The highest BCUT2D eigenvalue weighted by molar-refractivity contribution is 9.08. The summed E-state index contributed by atoms with van der Waals surface area (Å²) in [5.41, 5.74) is 4.63. The van der Waals surface area contributed by atoms with E-state index in [4.69, 9.17) is 4.74 Å². The van der Waals surface area contributed by atoms with Crippen LogP contribution in [0.2, 0.25) is 0 Å². The zero-order chi connectivity index (χ0) is 13.1. The van der Waals surface area contributed by atoms with E-state index in [-0.39, 0.29) is 0 Å². The third kappa shape index (κ3) is 3.12. The van der Waals surface area contributed by atoms with Gasteiger partial charge in [0.1, 0.15) is 12.4 Å². The van der Waals surface area contributed by atoms with E-state index in [0.717, 1.165) is 21.8 Å². The number of halogens is 1. The first-order valence-corrected chi connectivity index (χ1v) is 7.80. The van der Waals surface area contributed by atoms with Crippen molar-refractivity contribution in [2.45, 2.75) is 32.7 Å². The highest BCUT2D eigenvalue weighted by Gasteiger charge is 2.07. The van der Waals surface area contributed by atoms with Crippen LogP contribution in [-0.2, 0) is 11.9 Å². The monoisotopic (exact) mass is 325 g/mol. The van der Waals surface area contributed by atoms with Crippen molar-refractivity contribution in [2.75, 3.05) is 0 Å². The van der Waals surface area contributed by atoms with Gasteiger partial charge in [-0.15, -0.1) is 11.3 Å². The molecule has 4 heteroatoms. The number of rotatable bonds is 4. The highest BCUT2D eigenvalue weighted by atomic mass is 79.9. The summed E-state index contributed by atoms with van der Waals surface area (Å²) in [4.78, 5) is 4.40. The molecule has 2 nitrogen and oxygen atoms in total. The van der Waals surface area contributed by atoms with E-state index in [9.17, 15) is 0 Å². The number of benzene rings is 1. The Labute approximate surface area is 120 Å². The second-order valence-electron chi connectivity index (χ2n) is 4.34. The molecule has 0 saturated heterocycles. The third-order valence-corrected chi connectivity index (χ3v) is 4.18. The van der Waals surface area contributed by atoms with Gasteiger partial charge in [-0.25, -0.2) is 4.98 Å². The summed E-state index contributed by atoms with van der Waals surface area (Å²) in [6.07, 6.45) is 0. The lowest BCUT2D eigenvalue weighted by Crippen LogP contribution is -2.00. The number of aromatic nitrogens is 1. The van der Waals surface area contributed by atoms with Crippen LogP contribution in [0, 0.1) is 20.8 Å². The van der Waals surface area contributed by atoms with Crippen molar-refractivity contribution in [3.05, 3.63) is 44.9 Å². The Kier molecular flexibility index (Phi) is 4.40. The predicted molar refractivity (Wildman–Crippen MR) is 79.7 cm³/mol. The fraction of sp³-hybridized carbons (Fsp3) is 0.357. The lowest BCUT2D eigenvalue weighted by molar-refractivity contribution is 0.298. The van der Waals surface area contributed by atoms with E-state index in [1.165, 1.54) is 16.7 Å². The van der Waals surface area contributed by atoms with Crippen LogP contribution in [0.1, 0.15) is 27.4 Å². The average molecular weight is 326 g/mol. The molecule has 96 valence electrons. The summed E-state index contributed by atoms with van der Waals surface area (Å²) < 4.78 is 5.90. The minimum absolute atomic E-state index is 0.541. The Balaban J connectivity index is 2.14. The molecule has 0 spiro atoms. The van der Waals surface area contributed by atoms with Gasteiger partial charge in [-0.1, -0.05) is 28.1 Å². The van der Waals surface area contributed by atoms with Gasteiger partial charge < -0.3 is 4.74 Å². The SMILES string of the molecule is Cc1nc(COc2c(C)cc(CBr)cc2C)cs1. The maximum absolute atomic E-state index is 5.90. The average Bonchev–Trinajstić information content (AvgIpc) is 2.73. The normalized spacial score (nSPS) is 10.7. The van der Waals surface area contributed by atoms with Gasteiger partial charge in [0.2, 0.25) is 0 Å². The molecule has 0 aliphatic carbocycles. The van der Waals surface area contributed by atoms with Gasteiger partial charge in [-0.05, 0) is 37.5 Å². The summed E-state index contributed by atoms with van der Waals surface area (Å²) in [5, 5.41) is 4.00. The lowest BCUT2D eigenvalue weighted by Gasteiger charge is -2.12. The van der Waals surface area contributed by atoms with Gasteiger partial charge >= 0.3 is 0 Å². The molecule has 0 N–H and O–H groups in total. The lowest BCUT2D eigenvalue weighted by atomic mass is 10.1. The number of aryl methyl sites for hydroxylation is 3. The van der Waals surface area contributed by atoms with Crippen LogP contribution in [0.5, 0.6) is 5.75 Å². The van der Waals surface area contributed by atoms with Gasteiger partial charge in [-0.2, -0.15) is 0 Å². The van der Waals surface area contributed by atoms with Crippen LogP contribution < -0.4 is 4.74 Å². The molecule has 0 amide bonds. The number of alkyl halides is 1. The van der Waals surface area contributed by atoms with E-state index in [0.29, 0.717) is 6.61 Å². The molecule has 0 unspecified atom stereocenters. The van der Waals surface area contributed by atoms with Gasteiger partial charge in [-0.3, -0.25) is 0 Å². The summed E-state index contributed by atoms with van der Waals surface area (Å²) in [7, 11) is 0. The van der Waals surface area contributed by atoms with Crippen LogP contribution in [0.4, 0.5) is 0 Å². The molecule has 0 aliphatic rings. The Morgan fingerprint density at radius 3 is 2.39 bits per heavy atom. The minimum Gasteiger partial charge on any atom is -0.487 e. The number of nitrogens with zero attached hydrogens (tertiary/aromatic N) is 1. The minimum atomic E-state index is 0.541. The predicted octanol–water partition coefficient (Wildman–Crippen LogP) is 4.54. The second kappa shape index (κ2) is 5.85. The first kappa shape index (κ1) is 13.6. The van der Waals surface area contributed by atoms with Crippen LogP contribution in [0.3, 0.4) is 0 Å². The van der Waals surface area contributed by atoms with Crippen molar-refractivity contribution in [1.29, 1.82) is 0 Å². The molecule has 0 aliphatic heterocycles. The molecule has 0 bridgehead atoms. The summed E-state index contributed by atoms with van der Waals surface area (Å²) in [6.45, 7) is 6.72. The van der Waals surface area contributed by atoms with Crippen molar-refractivity contribution < 1.29 is 4.74 Å². The first-order valence-electron chi connectivity index (χ1n) is 5.80. The van der Waals surface area contributed by atoms with E-state index < -0.39 is 0 Å². The number of thiazole rings is 1. The Morgan fingerprint density at radius 2 is 1.89 bits per heavy atom. The molecule has 0 radical (unpaired) electrons. The number of hydrogen-bond acceptors (Lipinski definition) is 3. The van der Waals surface area contributed by atoms with E-state index in [1.807, 2.05) is 12.3 Å². The zero-order valence-electron chi connectivity index (χ0n) is 10.8. The van der Waals surface area contributed by atoms with E-state index in [1.54, 1.807) is 11.3 Å². The van der Waals surface area contributed by atoms with E-state index >= 15 is 0 Å². The third-order valence-electron chi connectivity index (χ3n) is 2.71. The van der Waals surface area contributed by atoms with Gasteiger partial charge in [0.15, 0.2) is 0 Å². The van der Waals surface area contributed by atoms with Crippen LogP contribution in [0.15, 0.2) is 17.5 Å². The standard InChI is InChI=1S/C14H16BrNOS/c1-9-4-12(6-15)5-10(2)14(9)17-7-13-8-18-11(3)16-13/h4-5,8H,6-7H2,1-3H3. The molecular weight excluding hydrogens is 310 g/mol. The molecule has 0 saturated carbocycles. The Hall–Kier alpha value is -0.870. The fourth-order valence-electron chi connectivity index (χ4n) is 1.97. The first-order chi connectivity index (χ1) is 8.60. The van der Waals surface area contributed by atoms with Crippen LogP contribution in [-0.4, -0.2) is 4.98 Å². The second-order valence-corrected chi connectivity index (χ2v) is 5.96. The van der Waals surface area contributed by atoms with Gasteiger partial charge in [0.25, 0.3) is 0 Å². The van der Waals surface area contributed by atoms with Gasteiger partial charge in [0, 0.05) is 10.7 Å². The summed E-state index contributed by atoms with van der Waals surface area (Å²) >= 11 is 5.14. The van der Waals surface area contributed by atoms with Crippen LogP contribution >= 0.6 is 27.3 Å². The number of hydrogen-bond donors (Lipinski definition) is 0. The van der Waals surface area contributed by atoms with Crippen molar-refractivity contribution >= 4 is 27.3 Å². The molecular formula is C14H16BrNOS. The molecule has 1 aromatic carbocycles. The van der Waals surface area contributed by atoms with E-state index in [2.05, 4.69) is 46.9 Å². The maximum Gasteiger partial charge on any atom is 0.131 e. The summed E-state index contributed by atoms with van der Waals surface area (Å²) in [5.74, 6) is 0.977. The smallest absolute Gasteiger partial charge is 0.131 e. The van der Waals surface area contributed by atoms with Crippen molar-refractivity contribution in [1.82, 2.24) is 4.98 Å². The quantitative estimate of drug-likeness (QED) is 0.770. The molecule has 2 aromatic rings. The molecule has 1 heterocycles. The molecule has 1 aromatic heterocycles. The molecule has 0 atom stereocenters. The highest BCUT2D eigenvalue weighted by Crippen LogP contribution is 2.26. The molecule has 0 fully saturated rings. The van der Waals surface area contributed by atoms with Gasteiger partial charge in [0.05, 0.1) is 10.7 Å². The maximum atomic E-state index is 5.90. The van der Waals surface area contributed by atoms with Crippen molar-refractivity contribution in [3.63, 3.8) is 0 Å². The van der Waals surface area contributed by atoms with Crippen molar-refractivity contribution in [3.8, 4) is 5.75 Å². The largest absolute Gasteiger partial charge is 0.487 e. The number of ether oxygens (including phenoxy) is 1. The van der Waals surface area contributed by atoms with Crippen LogP contribution in [0.25, 0.3) is 0 Å². The summed E-state index contributed by atoms with van der Waals surface area (Å²) in [6, 6.07) is 4.31. The topological polar surface area (TPSA) is 22.1 Å². The van der Waals surface area contributed by atoms with Crippen molar-refractivity contribution in [2.24, 2.45) is 0 Å². The fourth-order valence-corrected chi connectivity index (χ4v) is 2.89.